The Hall–Kier alpha value is -1.35. The first-order chi connectivity index (χ1) is 13.0. The van der Waals surface area contributed by atoms with E-state index >= 15 is 0 Å². The molecular weight excluding hydrogens is 467 g/mol. The van der Waals surface area contributed by atoms with Crippen LogP contribution >= 0.6 is 24.0 Å². The monoisotopic (exact) mass is 500 g/mol. The first-order valence-electron chi connectivity index (χ1n) is 10.1. The number of guanidine groups is 1. The van der Waals surface area contributed by atoms with Crippen molar-refractivity contribution in [2.24, 2.45) is 10.9 Å². The highest BCUT2D eigenvalue weighted by Crippen LogP contribution is 2.27. The van der Waals surface area contributed by atoms with Crippen molar-refractivity contribution >= 4 is 35.8 Å². The van der Waals surface area contributed by atoms with Gasteiger partial charge in [-0.05, 0) is 57.2 Å². The molecule has 1 aromatic carbocycles. The van der Waals surface area contributed by atoms with E-state index in [9.17, 15) is 4.79 Å². The van der Waals surface area contributed by atoms with Crippen LogP contribution in [0.5, 0.6) is 0 Å². The maximum Gasteiger partial charge on any atom is 0.254 e. The molecule has 2 fully saturated rings. The summed E-state index contributed by atoms with van der Waals surface area (Å²) in [6.07, 6.45) is 2.81. The highest BCUT2D eigenvalue weighted by atomic mass is 127. The Morgan fingerprint density at radius 2 is 1.79 bits per heavy atom. The highest BCUT2D eigenvalue weighted by molar-refractivity contribution is 14.0. The van der Waals surface area contributed by atoms with Gasteiger partial charge < -0.3 is 20.3 Å². The molecule has 0 radical (unpaired) electrons. The normalized spacial score (nSPS) is 22.4. The number of carbonyl (C=O) groups excluding carboxylic acids is 1. The van der Waals surface area contributed by atoms with Crippen LogP contribution in [0.1, 0.15) is 49.5 Å². The number of carbonyl (C=O) groups is 1. The van der Waals surface area contributed by atoms with E-state index in [1.165, 1.54) is 12.8 Å². The Balaban J connectivity index is 0.00000280. The molecule has 1 aliphatic heterocycles. The Bertz CT molecular complexity index is 651. The Kier molecular flexibility index (Phi) is 9.01. The van der Waals surface area contributed by atoms with Crippen LogP contribution in [0.25, 0.3) is 0 Å². The summed E-state index contributed by atoms with van der Waals surface area (Å²) in [6, 6.07) is 7.80. The van der Waals surface area contributed by atoms with Crippen LogP contribution in [-0.4, -0.2) is 55.2 Å². The van der Waals surface area contributed by atoms with Crippen LogP contribution in [-0.2, 0) is 11.3 Å². The van der Waals surface area contributed by atoms with Crippen molar-refractivity contribution in [3.8, 4) is 0 Å². The van der Waals surface area contributed by atoms with Gasteiger partial charge in [-0.1, -0.05) is 12.1 Å². The van der Waals surface area contributed by atoms with Gasteiger partial charge in [0.2, 0.25) is 0 Å². The maximum absolute atomic E-state index is 12.7. The number of hydrogen-bond acceptors (Lipinski definition) is 3. The standard InChI is InChI=1S/C21H32N4O2.HI/c1-4-22-21(23-11-17-5-6-17)24-12-18-7-9-19(10-8-18)20(26)25-13-15(2)27-16(3)14-25;/h7-10,15-17H,4-6,11-14H2,1-3H3,(H2,22,23,24);1H. The van der Waals surface area contributed by atoms with Gasteiger partial charge in [-0.2, -0.15) is 0 Å². The fourth-order valence-corrected chi connectivity index (χ4v) is 3.35. The molecule has 7 heteroatoms. The first-order valence-corrected chi connectivity index (χ1v) is 10.1. The summed E-state index contributed by atoms with van der Waals surface area (Å²) in [5.41, 5.74) is 1.82. The zero-order valence-electron chi connectivity index (χ0n) is 17.1. The SMILES string of the molecule is CCNC(=NCc1ccc(C(=O)N2CC(C)OC(C)C2)cc1)NCC1CC1.I. The molecule has 6 nitrogen and oxygen atoms in total. The number of hydrogen-bond donors (Lipinski definition) is 2. The van der Waals surface area contributed by atoms with Crippen LogP contribution in [0, 0.1) is 5.92 Å². The average Bonchev–Trinajstić information content (AvgIpc) is 3.47. The van der Waals surface area contributed by atoms with Crippen molar-refractivity contribution in [3.05, 3.63) is 35.4 Å². The summed E-state index contributed by atoms with van der Waals surface area (Å²) in [4.78, 5) is 19.3. The molecule has 1 aromatic rings. The lowest BCUT2D eigenvalue weighted by Gasteiger charge is -2.35. The quantitative estimate of drug-likeness (QED) is 0.358. The number of nitrogens with zero attached hydrogens (tertiary/aromatic N) is 2. The maximum atomic E-state index is 12.7. The number of ether oxygens (including phenoxy) is 1. The van der Waals surface area contributed by atoms with Crippen molar-refractivity contribution in [1.29, 1.82) is 0 Å². The summed E-state index contributed by atoms with van der Waals surface area (Å²) in [6.45, 7) is 9.83. The number of halogens is 1. The third-order valence-corrected chi connectivity index (χ3v) is 4.93. The van der Waals surface area contributed by atoms with E-state index in [0.29, 0.717) is 19.6 Å². The molecule has 2 N–H and O–H groups in total. The van der Waals surface area contributed by atoms with Crippen molar-refractivity contribution in [3.63, 3.8) is 0 Å². The van der Waals surface area contributed by atoms with E-state index in [-0.39, 0.29) is 42.1 Å². The fourth-order valence-electron chi connectivity index (χ4n) is 3.35. The number of aliphatic imine (C=N–C) groups is 1. The second-order valence-electron chi connectivity index (χ2n) is 7.68. The first kappa shape index (κ1) is 22.9. The molecule has 2 unspecified atom stereocenters. The minimum atomic E-state index is 0. The molecule has 1 saturated carbocycles. The van der Waals surface area contributed by atoms with Gasteiger partial charge in [0, 0.05) is 31.7 Å². The van der Waals surface area contributed by atoms with Crippen molar-refractivity contribution < 1.29 is 9.53 Å². The van der Waals surface area contributed by atoms with E-state index < -0.39 is 0 Å². The van der Waals surface area contributed by atoms with Gasteiger partial charge in [0.05, 0.1) is 18.8 Å². The third kappa shape index (κ3) is 6.92. The summed E-state index contributed by atoms with van der Waals surface area (Å²) in [5, 5.41) is 6.68. The number of amides is 1. The fraction of sp³-hybridized carbons (Fsp3) is 0.619. The Morgan fingerprint density at radius 1 is 1.14 bits per heavy atom. The smallest absolute Gasteiger partial charge is 0.254 e. The Labute approximate surface area is 185 Å². The van der Waals surface area contributed by atoms with Crippen molar-refractivity contribution in [1.82, 2.24) is 15.5 Å². The lowest BCUT2D eigenvalue weighted by atomic mass is 10.1. The summed E-state index contributed by atoms with van der Waals surface area (Å²) in [7, 11) is 0. The second-order valence-corrected chi connectivity index (χ2v) is 7.68. The van der Waals surface area contributed by atoms with Crippen LogP contribution in [0.3, 0.4) is 0 Å². The van der Waals surface area contributed by atoms with E-state index in [2.05, 4.69) is 22.5 Å². The topological polar surface area (TPSA) is 66.0 Å². The lowest BCUT2D eigenvalue weighted by molar-refractivity contribution is -0.0586. The minimum absolute atomic E-state index is 0. The molecular formula is C21H33IN4O2. The molecule has 2 aliphatic rings. The van der Waals surface area contributed by atoms with Crippen molar-refractivity contribution in [2.75, 3.05) is 26.2 Å². The Morgan fingerprint density at radius 3 is 2.36 bits per heavy atom. The molecule has 0 aromatic heterocycles. The molecule has 1 aliphatic carbocycles. The number of nitrogens with one attached hydrogen (secondary N) is 2. The lowest BCUT2D eigenvalue weighted by Crippen LogP contribution is -2.48. The molecule has 0 bridgehead atoms. The molecule has 2 atom stereocenters. The molecule has 156 valence electrons. The van der Waals surface area contributed by atoms with E-state index in [4.69, 9.17) is 4.74 Å². The summed E-state index contributed by atoms with van der Waals surface area (Å²) >= 11 is 0. The highest BCUT2D eigenvalue weighted by Gasteiger charge is 2.26. The van der Waals surface area contributed by atoms with Crippen LogP contribution in [0.4, 0.5) is 0 Å². The van der Waals surface area contributed by atoms with Crippen molar-refractivity contribution in [2.45, 2.75) is 52.4 Å². The van der Waals surface area contributed by atoms with E-state index in [1.54, 1.807) is 0 Å². The molecule has 1 saturated heterocycles. The number of benzene rings is 1. The molecule has 1 amide bonds. The predicted octanol–water partition coefficient (Wildman–Crippen LogP) is 3.02. The molecule has 1 heterocycles. The van der Waals surface area contributed by atoms with Crippen LogP contribution in [0.15, 0.2) is 29.3 Å². The summed E-state index contributed by atoms with van der Waals surface area (Å²) < 4.78 is 5.71. The van der Waals surface area contributed by atoms with Gasteiger partial charge in [0.25, 0.3) is 5.91 Å². The summed E-state index contributed by atoms with van der Waals surface area (Å²) in [5.74, 6) is 1.75. The van der Waals surface area contributed by atoms with Gasteiger partial charge in [-0.25, -0.2) is 4.99 Å². The minimum Gasteiger partial charge on any atom is -0.372 e. The van der Waals surface area contributed by atoms with Gasteiger partial charge in [-0.3, -0.25) is 4.79 Å². The zero-order chi connectivity index (χ0) is 19.2. The molecule has 28 heavy (non-hydrogen) atoms. The molecule has 0 spiro atoms. The number of morpholine rings is 1. The van der Waals surface area contributed by atoms with E-state index in [1.807, 2.05) is 43.0 Å². The van der Waals surface area contributed by atoms with Crippen LogP contribution < -0.4 is 10.6 Å². The van der Waals surface area contributed by atoms with Gasteiger partial charge >= 0.3 is 0 Å². The van der Waals surface area contributed by atoms with Crippen LogP contribution in [0.2, 0.25) is 0 Å². The van der Waals surface area contributed by atoms with Gasteiger partial charge in [0.15, 0.2) is 5.96 Å². The predicted molar refractivity (Wildman–Crippen MR) is 123 cm³/mol. The average molecular weight is 500 g/mol. The molecule has 3 rings (SSSR count). The largest absolute Gasteiger partial charge is 0.372 e. The van der Waals surface area contributed by atoms with Gasteiger partial charge in [-0.15, -0.1) is 24.0 Å². The second kappa shape index (κ2) is 11.0. The third-order valence-electron chi connectivity index (χ3n) is 4.93. The van der Waals surface area contributed by atoms with E-state index in [0.717, 1.165) is 36.1 Å². The van der Waals surface area contributed by atoms with Gasteiger partial charge in [0.1, 0.15) is 0 Å². The number of rotatable bonds is 6. The zero-order valence-corrected chi connectivity index (χ0v) is 19.4.